The fourth-order valence-electron chi connectivity index (χ4n) is 2.57. The first-order chi connectivity index (χ1) is 12.7. The van der Waals surface area contributed by atoms with Gasteiger partial charge >= 0.3 is 0 Å². The van der Waals surface area contributed by atoms with Crippen LogP contribution in [0.2, 0.25) is 0 Å². The van der Waals surface area contributed by atoms with Crippen LogP contribution in [0.4, 0.5) is 0 Å². The first-order valence-electron chi connectivity index (χ1n) is 8.82. The minimum Gasteiger partial charge on any atom is -0.496 e. The van der Waals surface area contributed by atoms with Gasteiger partial charge in [0.05, 0.1) is 13.7 Å². The van der Waals surface area contributed by atoms with E-state index in [2.05, 4.69) is 38.8 Å². The van der Waals surface area contributed by atoms with Gasteiger partial charge in [0.15, 0.2) is 5.96 Å². The average Bonchev–Trinajstić information content (AvgIpc) is 2.67. The molecule has 2 N–H and O–H groups in total. The summed E-state index contributed by atoms with van der Waals surface area (Å²) in [5.41, 5.74) is 3.37. The molecule has 0 aliphatic heterocycles. The number of hydrogen-bond donors (Lipinski definition) is 2. The molecule has 0 radical (unpaired) electrons. The largest absolute Gasteiger partial charge is 0.496 e. The lowest BCUT2D eigenvalue weighted by Crippen LogP contribution is -2.38. The summed E-state index contributed by atoms with van der Waals surface area (Å²) in [7, 11) is 3.46. The van der Waals surface area contributed by atoms with Crippen molar-refractivity contribution in [2.24, 2.45) is 4.99 Å². The van der Waals surface area contributed by atoms with Crippen LogP contribution in [0.1, 0.15) is 23.6 Å². The third kappa shape index (κ3) is 7.24. The van der Waals surface area contributed by atoms with Gasteiger partial charge in [-0.1, -0.05) is 18.2 Å². The predicted octanol–water partition coefficient (Wildman–Crippen LogP) is 3.32. The van der Waals surface area contributed by atoms with E-state index in [1.165, 1.54) is 5.56 Å². The summed E-state index contributed by atoms with van der Waals surface area (Å²) in [4.78, 5) is 8.53. The van der Waals surface area contributed by atoms with Crippen LogP contribution in [0, 0.1) is 6.92 Å². The van der Waals surface area contributed by atoms with Crippen molar-refractivity contribution in [1.29, 1.82) is 0 Å². The zero-order chi connectivity index (χ0) is 18.8. The molecule has 1 heterocycles. The van der Waals surface area contributed by atoms with Gasteiger partial charge in [-0.15, -0.1) is 24.0 Å². The van der Waals surface area contributed by atoms with E-state index in [0.717, 1.165) is 35.8 Å². The number of halogens is 1. The number of ether oxygens (including phenoxy) is 2. The minimum atomic E-state index is 0. The summed E-state index contributed by atoms with van der Waals surface area (Å²) in [6.07, 6.45) is 2.62. The van der Waals surface area contributed by atoms with Crippen molar-refractivity contribution >= 4 is 29.9 Å². The van der Waals surface area contributed by atoms with Gasteiger partial charge in [-0.3, -0.25) is 4.99 Å². The van der Waals surface area contributed by atoms with Crippen LogP contribution >= 0.6 is 24.0 Å². The van der Waals surface area contributed by atoms with Gasteiger partial charge in [0.1, 0.15) is 5.75 Å². The van der Waals surface area contributed by atoms with Crippen LogP contribution in [0.25, 0.3) is 0 Å². The van der Waals surface area contributed by atoms with E-state index < -0.39 is 0 Å². The van der Waals surface area contributed by atoms with E-state index in [0.29, 0.717) is 19.0 Å². The van der Waals surface area contributed by atoms with E-state index in [1.807, 2.05) is 26.0 Å². The summed E-state index contributed by atoms with van der Waals surface area (Å²) in [5, 5.41) is 6.63. The highest BCUT2D eigenvalue weighted by Gasteiger charge is 2.06. The molecule has 2 aromatic rings. The van der Waals surface area contributed by atoms with E-state index in [-0.39, 0.29) is 24.0 Å². The van der Waals surface area contributed by atoms with Crippen molar-refractivity contribution < 1.29 is 9.47 Å². The number of methoxy groups -OCH3 is 1. The SMILES string of the molecule is CCOc1ncccc1CNC(=NC)NCCc1ccc(C)c(OC)c1.I. The lowest BCUT2D eigenvalue weighted by atomic mass is 10.1. The van der Waals surface area contributed by atoms with Crippen molar-refractivity contribution in [2.45, 2.75) is 26.8 Å². The number of rotatable bonds is 8. The van der Waals surface area contributed by atoms with Crippen molar-refractivity contribution in [3.05, 3.63) is 53.2 Å². The van der Waals surface area contributed by atoms with Crippen molar-refractivity contribution in [3.8, 4) is 11.6 Å². The molecule has 0 amide bonds. The summed E-state index contributed by atoms with van der Waals surface area (Å²) >= 11 is 0. The maximum Gasteiger partial charge on any atom is 0.218 e. The highest BCUT2D eigenvalue weighted by Crippen LogP contribution is 2.19. The molecule has 0 aliphatic rings. The zero-order valence-electron chi connectivity index (χ0n) is 16.4. The number of guanidine groups is 1. The van der Waals surface area contributed by atoms with Crippen molar-refractivity contribution in [2.75, 3.05) is 27.3 Å². The molecular weight excluding hydrogens is 455 g/mol. The average molecular weight is 484 g/mol. The molecule has 27 heavy (non-hydrogen) atoms. The Kier molecular flexibility index (Phi) is 10.5. The van der Waals surface area contributed by atoms with Crippen LogP contribution in [0.5, 0.6) is 11.6 Å². The molecule has 7 heteroatoms. The first-order valence-corrected chi connectivity index (χ1v) is 8.82. The smallest absolute Gasteiger partial charge is 0.218 e. The molecule has 0 saturated carbocycles. The summed E-state index contributed by atoms with van der Waals surface area (Å²) in [5.74, 6) is 2.32. The van der Waals surface area contributed by atoms with Gasteiger partial charge in [-0.05, 0) is 43.5 Å². The number of aliphatic imine (C=N–C) groups is 1. The summed E-state index contributed by atoms with van der Waals surface area (Å²) in [6, 6.07) is 10.2. The Labute approximate surface area is 178 Å². The highest BCUT2D eigenvalue weighted by molar-refractivity contribution is 14.0. The number of aryl methyl sites for hydroxylation is 1. The number of hydrogen-bond acceptors (Lipinski definition) is 4. The molecule has 0 spiro atoms. The van der Waals surface area contributed by atoms with E-state index in [1.54, 1.807) is 20.4 Å². The molecule has 0 atom stereocenters. The van der Waals surface area contributed by atoms with Gasteiger partial charge in [-0.2, -0.15) is 0 Å². The second-order valence-corrected chi connectivity index (χ2v) is 5.81. The minimum absolute atomic E-state index is 0. The number of aromatic nitrogens is 1. The molecule has 0 unspecified atom stereocenters. The molecule has 148 valence electrons. The highest BCUT2D eigenvalue weighted by atomic mass is 127. The fourth-order valence-corrected chi connectivity index (χ4v) is 2.57. The standard InChI is InChI=1S/C20H28N4O2.HI/c1-5-26-19-17(7-6-11-22-19)14-24-20(21-3)23-12-10-16-9-8-15(2)18(13-16)25-4;/h6-9,11,13H,5,10,12,14H2,1-4H3,(H2,21,23,24);1H. The van der Waals surface area contributed by atoms with Crippen LogP contribution in [0.3, 0.4) is 0 Å². The molecule has 1 aromatic heterocycles. The quantitative estimate of drug-likeness (QED) is 0.342. The van der Waals surface area contributed by atoms with E-state index in [4.69, 9.17) is 9.47 Å². The first kappa shape index (κ1) is 23.0. The van der Waals surface area contributed by atoms with Gasteiger partial charge in [0.2, 0.25) is 5.88 Å². The topological polar surface area (TPSA) is 67.8 Å². The van der Waals surface area contributed by atoms with Crippen molar-refractivity contribution in [1.82, 2.24) is 15.6 Å². The number of benzene rings is 1. The van der Waals surface area contributed by atoms with Gasteiger partial charge in [0.25, 0.3) is 0 Å². The monoisotopic (exact) mass is 484 g/mol. The van der Waals surface area contributed by atoms with Crippen LogP contribution in [-0.2, 0) is 13.0 Å². The third-order valence-corrected chi connectivity index (χ3v) is 3.98. The van der Waals surface area contributed by atoms with Crippen LogP contribution in [0.15, 0.2) is 41.5 Å². The normalized spacial score (nSPS) is 10.7. The molecule has 2 rings (SSSR count). The fraction of sp³-hybridized carbons (Fsp3) is 0.400. The second-order valence-electron chi connectivity index (χ2n) is 5.81. The number of pyridine rings is 1. The maximum absolute atomic E-state index is 5.55. The van der Waals surface area contributed by atoms with Gasteiger partial charge in [0, 0.05) is 31.9 Å². The Morgan fingerprint density at radius 2 is 2.04 bits per heavy atom. The Balaban J connectivity index is 0.00000364. The van der Waals surface area contributed by atoms with E-state index in [9.17, 15) is 0 Å². The van der Waals surface area contributed by atoms with Gasteiger partial charge < -0.3 is 20.1 Å². The molecule has 1 aromatic carbocycles. The van der Waals surface area contributed by atoms with E-state index >= 15 is 0 Å². The second kappa shape index (κ2) is 12.4. The van der Waals surface area contributed by atoms with Gasteiger partial charge in [-0.25, -0.2) is 4.98 Å². The molecule has 0 aliphatic carbocycles. The Morgan fingerprint density at radius 3 is 2.74 bits per heavy atom. The summed E-state index contributed by atoms with van der Waals surface area (Å²) < 4.78 is 10.9. The predicted molar refractivity (Wildman–Crippen MR) is 120 cm³/mol. The maximum atomic E-state index is 5.55. The van der Waals surface area contributed by atoms with Crippen LogP contribution in [-0.4, -0.2) is 38.3 Å². The molecule has 0 fully saturated rings. The van der Waals surface area contributed by atoms with Crippen molar-refractivity contribution in [3.63, 3.8) is 0 Å². The molecule has 0 bridgehead atoms. The third-order valence-electron chi connectivity index (χ3n) is 3.98. The van der Waals surface area contributed by atoms with Crippen LogP contribution < -0.4 is 20.1 Å². The molecule has 0 saturated heterocycles. The number of nitrogens with one attached hydrogen (secondary N) is 2. The number of nitrogens with zero attached hydrogens (tertiary/aromatic N) is 2. The molecular formula is C20H29IN4O2. The zero-order valence-corrected chi connectivity index (χ0v) is 18.7. The summed E-state index contributed by atoms with van der Waals surface area (Å²) in [6.45, 7) is 5.96. The Morgan fingerprint density at radius 1 is 1.22 bits per heavy atom. The lowest BCUT2D eigenvalue weighted by molar-refractivity contribution is 0.322. The Bertz CT molecular complexity index is 738. The Hall–Kier alpha value is -2.03. The molecule has 6 nitrogen and oxygen atoms in total. The lowest BCUT2D eigenvalue weighted by Gasteiger charge is -2.14.